The molecule has 1 unspecified atom stereocenters. The molecule has 0 saturated carbocycles. The van der Waals surface area contributed by atoms with Crippen molar-refractivity contribution in [1.29, 1.82) is 0 Å². The molecule has 0 saturated heterocycles. The monoisotopic (exact) mass is 271 g/mol. The molecule has 0 bridgehead atoms. The fourth-order valence-corrected chi connectivity index (χ4v) is 2.34. The summed E-state index contributed by atoms with van der Waals surface area (Å²) in [4.78, 5) is 0. The van der Waals surface area contributed by atoms with Crippen molar-refractivity contribution in [3.8, 4) is 0 Å². The zero-order valence-electron chi connectivity index (χ0n) is 13.8. The smallest absolute Gasteiger partial charge is 0.0631 e. The fraction of sp³-hybridized carbons (Fsp3) is 1.00. The first kappa shape index (κ1) is 18.9. The number of hydrogen-bond donors (Lipinski definition) is 2. The number of rotatable bonds is 13. The fourth-order valence-electron chi connectivity index (χ4n) is 2.34. The summed E-state index contributed by atoms with van der Waals surface area (Å²) in [5.41, 5.74) is -0.479. The molecule has 2 N–H and O–H groups in total. The Kier molecular flexibility index (Phi) is 11.7. The molecule has 2 nitrogen and oxygen atoms in total. The van der Waals surface area contributed by atoms with Gasteiger partial charge in [-0.05, 0) is 38.8 Å². The highest BCUT2D eigenvalue weighted by Gasteiger charge is 2.18. The van der Waals surface area contributed by atoms with Gasteiger partial charge < -0.3 is 10.4 Å². The van der Waals surface area contributed by atoms with Gasteiger partial charge in [-0.1, -0.05) is 65.7 Å². The van der Waals surface area contributed by atoms with E-state index in [0.29, 0.717) is 5.92 Å². The van der Waals surface area contributed by atoms with Gasteiger partial charge in [0, 0.05) is 0 Å². The summed E-state index contributed by atoms with van der Waals surface area (Å²) in [6, 6.07) is 0. The summed E-state index contributed by atoms with van der Waals surface area (Å²) in [7, 11) is 0. The molecule has 0 heterocycles. The molecule has 0 aromatic rings. The van der Waals surface area contributed by atoms with Gasteiger partial charge in [-0.3, -0.25) is 0 Å². The molecular weight excluding hydrogens is 234 g/mol. The largest absolute Gasteiger partial charge is 0.390 e. The van der Waals surface area contributed by atoms with E-state index < -0.39 is 5.60 Å². The van der Waals surface area contributed by atoms with Gasteiger partial charge in [0.2, 0.25) is 0 Å². The summed E-state index contributed by atoms with van der Waals surface area (Å²) in [5, 5.41) is 13.7. The van der Waals surface area contributed by atoms with Crippen molar-refractivity contribution in [3.05, 3.63) is 0 Å². The van der Waals surface area contributed by atoms with Crippen LogP contribution in [0.1, 0.15) is 85.5 Å². The Morgan fingerprint density at radius 2 is 1.53 bits per heavy atom. The molecule has 2 heteroatoms. The summed E-state index contributed by atoms with van der Waals surface area (Å²) < 4.78 is 0. The van der Waals surface area contributed by atoms with Crippen LogP contribution in [-0.2, 0) is 0 Å². The van der Waals surface area contributed by atoms with Crippen LogP contribution in [-0.4, -0.2) is 23.8 Å². The average molecular weight is 271 g/mol. The Hall–Kier alpha value is -0.0800. The molecule has 0 aliphatic carbocycles. The first-order valence-corrected chi connectivity index (χ1v) is 8.41. The third-order valence-electron chi connectivity index (χ3n) is 3.71. The lowest BCUT2D eigenvalue weighted by molar-refractivity contribution is 0.0394. The van der Waals surface area contributed by atoms with Crippen molar-refractivity contribution < 1.29 is 5.11 Å². The molecule has 0 aliphatic rings. The maximum absolute atomic E-state index is 10.3. The molecule has 0 aromatic heterocycles. The van der Waals surface area contributed by atoms with Crippen molar-refractivity contribution in [2.45, 2.75) is 91.1 Å². The Morgan fingerprint density at radius 3 is 2.11 bits per heavy atom. The SMILES string of the molecule is CCCCCCCCCC(C)(O)CCNCC(C)C. The summed E-state index contributed by atoms with van der Waals surface area (Å²) in [6.07, 6.45) is 11.0. The van der Waals surface area contributed by atoms with E-state index in [1.807, 2.05) is 6.92 Å². The minimum Gasteiger partial charge on any atom is -0.390 e. The van der Waals surface area contributed by atoms with Crippen LogP contribution < -0.4 is 5.32 Å². The topological polar surface area (TPSA) is 32.3 Å². The van der Waals surface area contributed by atoms with Crippen molar-refractivity contribution in [3.63, 3.8) is 0 Å². The average Bonchev–Trinajstić information content (AvgIpc) is 2.33. The third kappa shape index (κ3) is 14.1. The van der Waals surface area contributed by atoms with E-state index >= 15 is 0 Å². The van der Waals surface area contributed by atoms with Crippen LogP contribution in [0.3, 0.4) is 0 Å². The molecule has 0 amide bonds. The van der Waals surface area contributed by atoms with E-state index in [1.54, 1.807) is 0 Å². The zero-order chi connectivity index (χ0) is 14.6. The van der Waals surface area contributed by atoms with Crippen LogP contribution in [0.4, 0.5) is 0 Å². The Labute approximate surface area is 121 Å². The van der Waals surface area contributed by atoms with Gasteiger partial charge in [0.1, 0.15) is 0 Å². The number of hydrogen-bond acceptors (Lipinski definition) is 2. The summed E-state index contributed by atoms with van der Waals surface area (Å²) in [5.74, 6) is 0.688. The van der Waals surface area contributed by atoms with Crippen LogP contribution in [0.25, 0.3) is 0 Å². The van der Waals surface area contributed by atoms with E-state index in [0.717, 1.165) is 25.9 Å². The molecule has 0 rings (SSSR count). The van der Waals surface area contributed by atoms with Crippen LogP contribution >= 0.6 is 0 Å². The molecule has 0 radical (unpaired) electrons. The number of unbranched alkanes of at least 4 members (excludes halogenated alkanes) is 6. The number of aliphatic hydroxyl groups is 1. The van der Waals surface area contributed by atoms with Crippen LogP contribution in [0.15, 0.2) is 0 Å². The normalized spacial score (nSPS) is 14.8. The van der Waals surface area contributed by atoms with Gasteiger partial charge in [-0.15, -0.1) is 0 Å². The zero-order valence-corrected chi connectivity index (χ0v) is 13.8. The predicted molar refractivity (Wildman–Crippen MR) is 85.6 cm³/mol. The minimum absolute atomic E-state index is 0.479. The Balaban J connectivity index is 3.40. The lowest BCUT2D eigenvalue weighted by Crippen LogP contribution is -2.31. The van der Waals surface area contributed by atoms with Gasteiger partial charge >= 0.3 is 0 Å². The second-order valence-corrected chi connectivity index (χ2v) is 6.72. The van der Waals surface area contributed by atoms with Crippen LogP contribution in [0, 0.1) is 5.92 Å². The second kappa shape index (κ2) is 11.7. The lowest BCUT2D eigenvalue weighted by atomic mass is 9.94. The van der Waals surface area contributed by atoms with Crippen LogP contribution in [0.2, 0.25) is 0 Å². The van der Waals surface area contributed by atoms with Gasteiger partial charge in [-0.2, -0.15) is 0 Å². The van der Waals surface area contributed by atoms with Crippen molar-refractivity contribution in [2.24, 2.45) is 5.92 Å². The second-order valence-electron chi connectivity index (χ2n) is 6.72. The van der Waals surface area contributed by atoms with E-state index in [9.17, 15) is 5.11 Å². The number of nitrogens with one attached hydrogen (secondary N) is 1. The Morgan fingerprint density at radius 1 is 0.947 bits per heavy atom. The molecule has 116 valence electrons. The maximum Gasteiger partial charge on any atom is 0.0631 e. The molecule has 0 spiro atoms. The molecule has 0 aromatic carbocycles. The molecular formula is C17H37NO. The quantitative estimate of drug-likeness (QED) is 0.483. The standard InChI is InChI=1S/C17H37NO/c1-5-6-7-8-9-10-11-12-17(4,19)13-14-18-15-16(2)3/h16,18-19H,5-15H2,1-4H3. The molecule has 0 fully saturated rings. The highest BCUT2D eigenvalue weighted by molar-refractivity contribution is 4.73. The van der Waals surface area contributed by atoms with Crippen molar-refractivity contribution in [1.82, 2.24) is 5.32 Å². The molecule has 1 atom stereocenters. The van der Waals surface area contributed by atoms with Crippen LogP contribution in [0.5, 0.6) is 0 Å². The van der Waals surface area contributed by atoms with Gasteiger partial charge in [-0.25, -0.2) is 0 Å². The third-order valence-corrected chi connectivity index (χ3v) is 3.71. The van der Waals surface area contributed by atoms with E-state index in [-0.39, 0.29) is 0 Å². The van der Waals surface area contributed by atoms with Gasteiger partial charge in [0.05, 0.1) is 5.60 Å². The van der Waals surface area contributed by atoms with Gasteiger partial charge in [0.25, 0.3) is 0 Å². The summed E-state index contributed by atoms with van der Waals surface area (Å²) >= 11 is 0. The summed E-state index contributed by atoms with van der Waals surface area (Å²) in [6.45, 7) is 10.6. The minimum atomic E-state index is -0.479. The van der Waals surface area contributed by atoms with Crippen molar-refractivity contribution >= 4 is 0 Å². The highest BCUT2D eigenvalue weighted by atomic mass is 16.3. The van der Waals surface area contributed by atoms with E-state index in [4.69, 9.17) is 0 Å². The molecule has 19 heavy (non-hydrogen) atoms. The van der Waals surface area contributed by atoms with E-state index in [2.05, 4.69) is 26.1 Å². The van der Waals surface area contributed by atoms with Gasteiger partial charge in [0.15, 0.2) is 0 Å². The predicted octanol–water partition coefficient (Wildman–Crippen LogP) is 4.51. The maximum atomic E-state index is 10.3. The first-order chi connectivity index (χ1) is 8.98. The van der Waals surface area contributed by atoms with Crippen molar-refractivity contribution in [2.75, 3.05) is 13.1 Å². The Bertz CT molecular complexity index is 190. The lowest BCUT2D eigenvalue weighted by Gasteiger charge is -2.23. The first-order valence-electron chi connectivity index (χ1n) is 8.41. The van der Waals surface area contributed by atoms with E-state index in [1.165, 1.54) is 44.9 Å². The molecule has 0 aliphatic heterocycles. The highest BCUT2D eigenvalue weighted by Crippen LogP contribution is 2.19.